The Hall–Kier alpha value is -2.38. The number of halogens is 2. The van der Waals surface area contributed by atoms with Gasteiger partial charge in [-0.15, -0.1) is 0 Å². The Bertz CT molecular complexity index is 719. The van der Waals surface area contributed by atoms with E-state index in [9.17, 15) is 19.0 Å². The summed E-state index contributed by atoms with van der Waals surface area (Å²) in [6.45, 7) is 3.43. The Labute approximate surface area is 151 Å². The lowest BCUT2D eigenvalue weighted by Gasteiger charge is -2.36. The Morgan fingerprint density at radius 1 is 0.962 bits per heavy atom. The first-order chi connectivity index (χ1) is 12.5. The van der Waals surface area contributed by atoms with Crippen LogP contribution in [-0.4, -0.2) is 60.5 Å². The van der Waals surface area contributed by atoms with E-state index in [1.807, 2.05) is 4.90 Å². The van der Waals surface area contributed by atoms with Crippen molar-refractivity contribution in [3.05, 3.63) is 54.1 Å². The predicted molar refractivity (Wildman–Crippen MR) is 94.6 cm³/mol. The number of piperazine rings is 1. The molecule has 3 rings (SSSR count). The van der Waals surface area contributed by atoms with Crippen LogP contribution in [-0.2, 0) is 0 Å². The van der Waals surface area contributed by atoms with Crippen LogP contribution in [0.3, 0.4) is 0 Å². The smallest absolute Gasteiger partial charge is 0.160 e. The second kappa shape index (κ2) is 8.33. The zero-order valence-electron chi connectivity index (χ0n) is 14.3. The van der Waals surface area contributed by atoms with Crippen LogP contribution in [0.1, 0.15) is 0 Å². The SMILES string of the molecule is Oc1ccc(OC[C@H](O)CN2CCN(c3ccc(F)c(F)c3)CC2)cc1. The minimum absolute atomic E-state index is 0.161. The van der Waals surface area contributed by atoms with Crippen molar-refractivity contribution >= 4 is 5.69 Å². The van der Waals surface area contributed by atoms with Crippen molar-refractivity contribution in [2.24, 2.45) is 0 Å². The number of hydrogen-bond acceptors (Lipinski definition) is 5. The van der Waals surface area contributed by atoms with E-state index in [4.69, 9.17) is 4.74 Å². The highest BCUT2D eigenvalue weighted by molar-refractivity contribution is 5.47. The Kier molecular flexibility index (Phi) is 5.90. The lowest BCUT2D eigenvalue weighted by Crippen LogP contribution is -2.49. The number of benzene rings is 2. The predicted octanol–water partition coefficient (Wildman–Crippen LogP) is 2.23. The maximum absolute atomic E-state index is 13.4. The molecule has 1 saturated heterocycles. The van der Waals surface area contributed by atoms with Gasteiger partial charge in [0.2, 0.25) is 0 Å². The van der Waals surface area contributed by atoms with E-state index in [1.54, 1.807) is 18.2 Å². The topological polar surface area (TPSA) is 56.2 Å². The van der Waals surface area contributed by atoms with Crippen LogP contribution in [0.15, 0.2) is 42.5 Å². The fourth-order valence-corrected chi connectivity index (χ4v) is 2.96. The molecule has 0 aromatic heterocycles. The van der Waals surface area contributed by atoms with Crippen molar-refractivity contribution in [1.29, 1.82) is 0 Å². The third-order valence-electron chi connectivity index (χ3n) is 4.39. The third-order valence-corrected chi connectivity index (χ3v) is 4.39. The molecule has 2 aromatic rings. The van der Waals surface area contributed by atoms with Crippen LogP contribution in [0.4, 0.5) is 14.5 Å². The number of β-amino-alcohol motifs (C(OH)–C–C–N with tert-alkyl or cyclic N) is 1. The maximum atomic E-state index is 13.4. The van der Waals surface area contributed by atoms with Crippen molar-refractivity contribution in [2.45, 2.75) is 6.10 Å². The van der Waals surface area contributed by atoms with Crippen molar-refractivity contribution in [1.82, 2.24) is 4.90 Å². The molecule has 1 aliphatic rings. The van der Waals surface area contributed by atoms with E-state index in [0.29, 0.717) is 31.1 Å². The number of nitrogens with zero attached hydrogens (tertiary/aromatic N) is 2. The molecule has 1 fully saturated rings. The van der Waals surface area contributed by atoms with Crippen molar-refractivity contribution in [3.63, 3.8) is 0 Å². The summed E-state index contributed by atoms with van der Waals surface area (Å²) in [5, 5.41) is 19.4. The van der Waals surface area contributed by atoms with Crippen molar-refractivity contribution in [3.8, 4) is 11.5 Å². The molecule has 0 amide bonds. The van der Waals surface area contributed by atoms with Crippen LogP contribution in [0.5, 0.6) is 11.5 Å². The second-order valence-corrected chi connectivity index (χ2v) is 6.34. The zero-order chi connectivity index (χ0) is 18.5. The van der Waals surface area contributed by atoms with Gasteiger partial charge in [-0.25, -0.2) is 8.78 Å². The Morgan fingerprint density at radius 3 is 2.31 bits per heavy atom. The molecule has 1 aliphatic heterocycles. The molecule has 0 bridgehead atoms. The number of aromatic hydroxyl groups is 1. The van der Waals surface area contributed by atoms with E-state index in [2.05, 4.69) is 4.90 Å². The van der Waals surface area contributed by atoms with Crippen LogP contribution in [0, 0.1) is 11.6 Å². The molecule has 2 N–H and O–H groups in total. The molecule has 0 spiro atoms. The summed E-state index contributed by atoms with van der Waals surface area (Å²) in [6.07, 6.45) is -0.640. The monoisotopic (exact) mass is 364 g/mol. The van der Waals surface area contributed by atoms with E-state index in [-0.39, 0.29) is 12.4 Å². The molecule has 7 heteroatoms. The van der Waals surface area contributed by atoms with Crippen LogP contribution in [0.25, 0.3) is 0 Å². The molecule has 0 aliphatic carbocycles. The van der Waals surface area contributed by atoms with Crippen LogP contribution in [0.2, 0.25) is 0 Å². The van der Waals surface area contributed by atoms with Gasteiger partial charge in [-0.3, -0.25) is 4.90 Å². The minimum Gasteiger partial charge on any atom is -0.508 e. The van der Waals surface area contributed by atoms with Gasteiger partial charge in [0.25, 0.3) is 0 Å². The first-order valence-electron chi connectivity index (χ1n) is 8.53. The van der Waals surface area contributed by atoms with Crippen LogP contribution >= 0.6 is 0 Å². The fraction of sp³-hybridized carbons (Fsp3) is 0.368. The number of phenolic OH excluding ortho intramolecular Hbond substituents is 1. The highest BCUT2D eigenvalue weighted by Gasteiger charge is 2.20. The number of ether oxygens (including phenoxy) is 1. The second-order valence-electron chi connectivity index (χ2n) is 6.34. The molecule has 1 atom stereocenters. The van der Waals surface area contributed by atoms with E-state index >= 15 is 0 Å². The summed E-state index contributed by atoms with van der Waals surface area (Å²) >= 11 is 0. The van der Waals surface area contributed by atoms with E-state index in [1.165, 1.54) is 18.2 Å². The molecule has 1 heterocycles. The van der Waals surface area contributed by atoms with E-state index in [0.717, 1.165) is 19.2 Å². The molecule has 2 aromatic carbocycles. The highest BCUT2D eigenvalue weighted by atomic mass is 19.2. The normalized spacial score (nSPS) is 16.5. The molecule has 140 valence electrons. The molecule has 5 nitrogen and oxygen atoms in total. The number of hydrogen-bond donors (Lipinski definition) is 2. The van der Waals surface area contributed by atoms with Gasteiger partial charge < -0.3 is 19.8 Å². The summed E-state index contributed by atoms with van der Waals surface area (Å²) in [6, 6.07) is 10.3. The summed E-state index contributed by atoms with van der Waals surface area (Å²) in [4.78, 5) is 4.11. The number of anilines is 1. The molecular weight excluding hydrogens is 342 g/mol. The van der Waals surface area contributed by atoms with E-state index < -0.39 is 17.7 Å². The van der Waals surface area contributed by atoms with Gasteiger partial charge in [-0.1, -0.05) is 0 Å². The molecule has 0 radical (unpaired) electrons. The highest BCUT2D eigenvalue weighted by Crippen LogP contribution is 2.20. The van der Waals surface area contributed by atoms with Crippen molar-refractivity contribution < 1.29 is 23.7 Å². The lowest BCUT2D eigenvalue weighted by atomic mass is 10.2. The zero-order valence-corrected chi connectivity index (χ0v) is 14.3. The Balaban J connectivity index is 1.43. The standard InChI is InChI=1S/C19H22F2N2O3/c20-18-6-1-14(11-19(18)21)23-9-7-22(8-10-23)12-16(25)13-26-17-4-2-15(24)3-5-17/h1-6,11,16,24-25H,7-10,12-13H2/t16-/m1/s1. The van der Waals surface area contributed by atoms with Gasteiger partial charge in [0.1, 0.15) is 24.2 Å². The maximum Gasteiger partial charge on any atom is 0.160 e. The van der Waals surface area contributed by atoms with Gasteiger partial charge in [-0.05, 0) is 36.4 Å². The molecule has 26 heavy (non-hydrogen) atoms. The van der Waals surface area contributed by atoms with Crippen molar-refractivity contribution in [2.75, 3.05) is 44.2 Å². The summed E-state index contributed by atoms with van der Waals surface area (Å²) in [5.74, 6) is -0.933. The number of aliphatic hydroxyl groups excluding tert-OH is 1. The third kappa shape index (κ3) is 4.83. The van der Waals surface area contributed by atoms with Gasteiger partial charge in [0.15, 0.2) is 11.6 Å². The molecule has 0 saturated carbocycles. The van der Waals surface area contributed by atoms with Gasteiger partial charge in [0, 0.05) is 44.5 Å². The first kappa shape index (κ1) is 18.4. The lowest BCUT2D eigenvalue weighted by molar-refractivity contribution is 0.0663. The average molecular weight is 364 g/mol. The molecule has 0 unspecified atom stereocenters. The summed E-state index contributed by atoms with van der Waals surface area (Å²) < 4.78 is 31.9. The minimum atomic E-state index is -0.843. The number of phenols is 1. The van der Waals surface area contributed by atoms with Gasteiger partial charge in [-0.2, -0.15) is 0 Å². The average Bonchev–Trinajstić information content (AvgIpc) is 2.64. The quantitative estimate of drug-likeness (QED) is 0.823. The Morgan fingerprint density at radius 2 is 1.65 bits per heavy atom. The summed E-state index contributed by atoms with van der Waals surface area (Å²) in [7, 11) is 0. The van der Waals surface area contributed by atoms with Gasteiger partial charge in [0.05, 0.1) is 0 Å². The fourth-order valence-electron chi connectivity index (χ4n) is 2.96. The number of aliphatic hydroxyl groups is 1. The van der Waals surface area contributed by atoms with Crippen LogP contribution < -0.4 is 9.64 Å². The van der Waals surface area contributed by atoms with Gasteiger partial charge >= 0.3 is 0 Å². The largest absolute Gasteiger partial charge is 0.508 e. The summed E-state index contributed by atoms with van der Waals surface area (Å²) in [5.41, 5.74) is 0.666. The molecular formula is C19H22F2N2O3. The number of rotatable bonds is 6. The first-order valence-corrected chi connectivity index (χ1v) is 8.53.